The minimum atomic E-state index is -1.83. The molecule has 1 aliphatic rings. The predicted molar refractivity (Wildman–Crippen MR) is 66.5 cm³/mol. The van der Waals surface area contributed by atoms with E-state index in [-0.39, 0.29) is 0 Å². The Labute approximate surface area is 109 Å². The van der Waals surface area contributed by atoms with Gasteiger partial charge in [0, 0.05) is 11.1 Å². The maximum Gasteiger partial charge on any atom is 0.503 e. The Kier molecular flexibility index (Phi) is 3.79. The standard InChI is InChI=1S/C13H10O2.CH2O3/c1-3-7-11(8-4-1)13(14-15-13)12-9-5-2-6-10-12;2-1(3)4/h1-10H;(H2,2,3,4). The van der Waals surface area contributed by atoms with Gasteiger partial charge in [-0.05, 0) is 0 Å². The fourth-order valence-electron chi connectivity index (χ4n) is 1.72. The van der Waals surface area contributed by atoms with Crippen molar-refractivity contribution in [2.24, 2.45) is 0 Å². The first kappa shape index (κ1) is 13.1. The Balaban J connectivity index is 0.000000297. The van der Waals surface area contributed by atoms with Crippen molar-refractivity contribution in [3.8, 4) is 0 Å². The van der Waals surface area contributed by atoms with Crippen LogP contribution >= 0.6 is 0 Å². The summed E-state index contributed by atoms with van der Waals surface area (Å²) in [6.45, 7) is 0. The first-order valence-corrected chi connectivity index (χ1v) is 5.55. The number of hydrogen-bond donors (Lipinski definition) is 2. The molecule has 2 aromatic rings. The average molecular weight is 260 g/mol. The van der Waals surface area contributed by atoms with Gasteiger partial charge < -0.3 is 10.2 Å². The number of hydrogen-bond acceptors (Lipinski definition) is 3. The molecule has 5 heteroatoms. The highest BCUT2D eigenvalue weighted by Gasteiger charge is 2.52. The van der Waals surface area contributed by atoms with Gasteiger partial charge in [-0.15, -0.1) is 0 Å². The average Bonchev–Trinajstić information content (AvgIpc) is 3.22. The van der Waals surface area contributed by atoms with Crippen LogP contribution in [0.15, 0.2) is 60.7 Å². The number of rotatable bonds is 2. The lowest BCUT2D eigenvalue weighted by Gasteiger charge is -2.06. The van der Waals surface area contributed by atoms with Crippen LogP contribution in [-0.4, -0.2) is 16.4 Å². The molecular formula is C14H12O5. The molecule has 0 atom stereocenters. The zero-order chi connectivity index (χ0) is 13.7. The zero-order valence-corrected chi connectivity index (χ0v) is 9.89. The Morgan fingerprint density at radius 3 is 1.37 bits per heavy atom. The summed E-state index contributed by atoms with van der Waals surface area (Å²) in [5, 5.41) is 13.9. The van der Waals surface area contributed by atoms with Crippen molar-refractivity contribution < 1.29 is 24.8 Å². The molecule has 19 heavy (non-hydrogen) atoms. The van der Waals surface area contributed by atoms with E-state index in [9.17, 15) is 0 Å². The van der Waals surface area contributed by atoms with E-state index in [0.717, 1.165) is 11.1 Å². The highest BCUT2D eigenvalue weighted by atomic mass is 17.4. The summed E-state index contributed by atoms with van der Waals surface area (Å²) in [7, 11) is 0. The quantitative estimate of drug-likeness (QED) is 0.640. The minimum Gasteiger partial charge on any atom is -0.450 e. The number of benzene rings is 2. The van der Waals surface area contributed by atoms with Crippen LogP contribution in [0.5, 0.6) is 0 Å². The second-order valence-corrected chi connectivity index (χ2v) is 3.80. The molecule has 0 bridgehead atoms. The highest BCUT2D eigenvalue weighted by molar-refractivity contribution is 5.53. The third-order valence-electron chi connectivity index (χ3n) is 2.56. The van der Waals surface area contributed by atoms with Crippen molar-refractivity contribution in [3.63, 3.8) is 0 Å². The van der Waals surface area contributed by atoms with Gasteiger partial charge in [0.25, 0.3) is 5.79 Å². The van der Waals surface area contributed by atoms with Gasteiger partial charge in [0.05, 0.1) is 0 Å². The van der Waals surface area contributed by atoms with Crippen molar-refractivity contribution in [3.05, 3.63) is 71.8 Å². The Morgan fingerprint density at radius 2 is 1.11 bits per heavy atom. The zero-order valence-electron chi connectivity index (χ0n) is 9.89. The summed E-state index contributed by atoms with van der Waals surface area (Å²) in [6.07, 6.45) is -1.83. The molecule has 1 saturated heterocycles. The van der Waals surface area contributed by atoms with Gasteiger partial charge in [-0.1, -0.05) is 60.7 Å². The first-order valence-electron chi connectivity index (χ1n) is 5.55. The van der Waals surface area contributed by atoms with Gasteiger partial charge in [0.15, 0.2) is 0 Å². The van der Waals surface area contributed by atoms with Crippen molar-refractivity contribution in [1.82, 2.24) is 0 Å². The van der Waals surface area contributed by atoms with E-state index in [4.69, 9.17) is 24.8 Å². The smallest absolute Gasteiger partial charge is 0.450 e. The summed E-state index contributed by atoms with van der Waals surface area (Å²) in [6, 6.07) is 19.9. The lowest BCUT2D eigenvalue weighted by Crippen LogP contribution is -2.09. The fourth-order valence-corrected chi connectivity index (χ4v) is 1.72. The van der Waals surface area contributed by atoms with Crippen molar-refractivity contribution in [2.45, 2.75) is 5.79 Å². The van der Waals surface area contributed by atoms with Gasteiger partial charge in [-0.25, -0.2) is 4.79 Å². The van der Waals surface area contributed by atoms with Crippen LogP contribution in [0.4, 0.5) is 4.79 Å². The molecule has 0 radical (unpaired) electrons. The van der Waals surface area contributed by atoms with Gasteiger partial charge in [0.2, 0.25) is 0 Å². The van der Waals surface area contributed by atoms with Crippen molar-refractivity contribution in [1.29, 1.82) is 0 Å². The monoisotopic (exact) mass is 260 g/mol. The van der Waals surface area contributed by atoms with Gasteiger partial charge in [0.1, 0.15) is 0 Å². The molecule has 0 spiro atoms. The van der Waals surface area contributed by atoms with Crippen LogP contribution in [0.2, 0.25) is 0 Å². The third-order valence-corrected chi connectivity index (χ3v) is 2.56. The molecular weight excluding hydrogens is 248 g/mol. The highest BCUT2D eigenvalue weighted by Crippen LogP contribution is 2.46. The molecule has 3 rings (SSSR count). The van der Waals surface area contributed by atoms with E-state index in [2.05, 4.69) is 0 Å². The maximum absolute atomic E-state index is 8.56. The molecule has 0 aromatic heterocycles. The molecule has 1 aliphatic heterocycles. The van der Waals surface area contributed by atoms with Crippen LogP contribution in [0.1, 0.15) is 11.1 Å². The first-order chi connectivity index (χ1) is 9.15. The van der Waals surface area contributed by atoms with Crippen LogP contribution in [0.25, 0.3) is 0 Å². The molecule has 5 nitrogen and oxygen atoms in total. The van der Waals surface area contributed by atoms with Gasteiger partial charge in [-0.2, -0.15) is 9.78 Å². The topological polar surface area (TPSA) is 82.6 Å². The number of carbonyl (C=O) groups is 1. The molecule has 98 valence electrons. The maximum atomic E-state index is 8.56. The summed E-state index contributed by atoms with van der Waals surface area (Å²) >= 11 is 0. The van der Waals surface area contributed by atoms with Crippen LogP contribution in [0.3, 0.4) is 0 Å². The fraction of sp³-hybridized carbons (Fsp3) is 0.0714. The summed E-state index contributed by atoms with van der Waals surface area (Å²) in [5.41, 5.74) is 2.05. The molecule has 0 amide bonds. The number of carboxylic acid groups (broad SMARTS) is 2. The summed E-state index contributed by atoms with van der Waals surface area (Å²) < 4.78 is 0. The molecule has 1 fully saturated rings. The molecule has 0 unspecified atom stereocenters. The molecule has 2 aromatic carbocycles. The third kappa shape index (κ3) is 3.09. The van der Waals surface area contributed by atoms with Crippen molar-refractivity contribution >= 4 is 6.16 Å². The summed E-state index contributed by atoms with van der Waals surface area (Å²) in [5.74, 6) is -0.664. The summed E-state index contributed by atoms with van der Waals surface area (Å²) in [4.78, 5) is 18.9. The lowest BCUT2D eigenvalue weighted by molar-refractivity contribution is 0.0850. The normalized spacial score (nSPS) is 14.9. The van der Waals surface area contributed by atoms with Gasteiger partial charge >= 0.3 is 6.16 Å². The van der Waals surface area contributed by atoms with E-state index in [1.54, 1.807) is 0 Å². The SMILES string of the molecule is O=C(O)O.c1ccc(C2(c3ccccc3)OO2)cc1. The van der Waals surface area contributed by atoms with Crippen LogP contribution in [-0.2, 0) is 15.6 Å². The second-order valence-electron chi connectivity index (χ2n) is 3.80. The van der Waals surface area contributed by atoms with E-state index in [1.165, 1.54) is 0 Å². The molecule has 2 N–H and O–H groups in total. The van der Waals surface area contributed by atoms with Gasteiger partial charge in [-0.3, -0.25) is 0 Å². The van der Waals surface area contributed by atoms with Crippen LogP contribution < -0.4 is 0 Å². The molecule has 1 heterocycles. The molecule has 0 aliphatic carbocycles. The van der Waals surface area contributed by atoms with E-state index in [1.807, 2.05) is 60.7 Å². The predicted octanol–water partition coefficient (Wildman–Crippen LogP) is 3.07. The second kappa shape index (κ2) is 5.51. The van der Waals surface area contributed by atoms with E-state index < -0.39 is 11.9 Å². The van der Waals surface area contributed by atoms with Crippen LogP contribution in [0, 0.1) is 0 Å². The lowest BCUT2D eigenvalue weighted by atomic mass is 9.99. The Morgan fingerprint density at radius 1 is 0.789 bits per heavy atom. The Bertz CT molecular complexity index is 489. The molecule has 0 saturated carbocycles. The largest absolute Gasteiger partial charge is 0.503 e. The van der Waals surface area contributed by atoms with E-state index >= 15 is 0 Å². The Hall–Kier alpha value is -2.37. The van der Waals surface area contributed by atoms with Crippen molar-refractivity contribution in [2.75, 3.05) is 0 Å². The minimum absolute atomic E-state index is 0.664. The van der Waals surface area contributed by atoms with E-state index in [0.29, 0.717) is 0 Å².